The first-order valence-corrected chi connectivity index (χ1v) is 6.05. The average Bonchev–Trinajstić information content (AvgIpc) is 2.35. The molecule has 1 aromatic carbocycles. The van der Waals surface area contributed by atoms with E-state index >= 15 is 0 Å². The van der Waals surface area contributed by atoms with Gasteiger partial charge in [0, 0.05) is 6.07 Å². The quantitative estimate of drug-likeness (QED) is 0.651. The van der Waals surface area contributed by atoms with Crippen molar-refractivity contribution in [2.45, 2.75) is 19.3 Å². The first kappa shape index (κ1) is 13.4. The fourth-order valence-electron chi connectivity index (χ4n) is 2.31. The van der Waals surface area contributed by atoms with Crippen LogP contribution in [-0.4, -0.2) is 31.1 Å². The van der Waals surface area contributed by atoms with E-state index in [0.717, 1.165) is 6.42 Å². The molecule has 1 aliphatic rings. The summed E-state index contributed by atoms with van der Waals surface area (Å²) in [5.41, 5.74) is -0.979. The van der Waals surface area contributed by atoms with Crippen LogP contribution >= 0.6 is 0 Å². The second kappa shape index (κ2) is 4.91. The summed E-state index contributed by atoms with van der Waals surface area (Å²) in [6.45, 7) is 0. The Bertz CT molecular complexity index is 517. The van der Waals surface area contributed by atoms with Crippen LogP contribution < -0.4 is 9.47 Å². The molecule has 0 radical (unpaired) electrons. The topological polar surface area (TPSA) is 72.8 Å². The third kappa shape index (κ3) is 2.05. The Hall–Kier alpha value is -2.04. The molecule has 1 saturated carbocycles. The lowest BCUT2D eigenvalue weighted by atomic mass is 9.64. The van der Waals surface area contributed by atoms with Crippen molar-refractivity contribution in [2.24, 2.45) is 5.41 Å². The van der Waals surface area contributed by atoms with Gasteiger partial charge in [-0.15, -0.1) is 0 Å². The van der Waals surface area contributed by atoms with Crippen LogP contribution in [0.25, 0.3) is 0 Å². The van der Waals surface area contributed by atoms with Crippen LogP contribution in [0, 0.1) is 5.41 Å². The largest absolute Gasteiger partial charge is 0.497 e. The van der Waals surface area contributed by atoms with E-state index in [4.69, 9.17) is 9.47 Å². The molecule has 2 rings (SSSR count). The zero-order valence-corrected chi connectivity index (χ0v) is 10.9. The number of ether oxygens (including phenoxy) is 2. The van der Waals surface area contributed by atoms with E-state index in [-0.39, 0.29) is 5.78 Å². The minimum Gasteiger partial charge on any atom is -0.497 e. The van der Waals surface area contributed by atoms with Crippen molar-refractivity contribution in [3.63, 3.8) is 0 Å². The zero-order valence-electron chi connectivity index (χ0n) is 10.9. The zero-order chi connectivity index (χ0) is 14.0. The van der Waals surface area contributed by atoms with Gasteiger partial charge in [-0.1, -0.05) is 6.42 Å². The van der Waals surface area contributed by atoms with Crippen molar-refractivity contribution in [1.29, 1.82) is 0 Å². The first-order valence-electron chi connectivity index (χ1n) is 6.05. The molecule has 0 atom stereocenters. The highest BCUT2D eigenvalue weighted by atomic mass is 16.5. The fourth-order valence-corrected chi connectivity index (χ4v) is 2.31. The molecule has 1 aromatic rings. The Morgan fingerprint density at radius 2 is 1.89 bits per heavy atom. The molecule has 19 heavy (non-hydrogen) atoms. The van der Waals surface area contributed by atoms with Crippen molar-refractivity contribution < 1.29 is 24.2 Å². The van der Waals surface area contributed by atoms with Crippen molar-refractivity contribution in [3.05, 3.63) is 23.8 Å². The number of carbonyl (C=O) groups is 2. The molecule has 0 saturated heterocycles. The van der Waals surface area contributed by atoms with Gasteiger partial charge < -0.3 is 14.6 Å². The molecule has 0 bridgehead atoms. The summed E-state index contributed by atoms with van der Waals surface area (Å²) >= 11 is 0. The minimum absolute atomic E-state index is 0.297. The Morgan fingerprint density at radius 3 is 2.32 bits per heavy atom. The standard InChI is InChI=1S/C14H16O5/c1-18-9-4-5-10(11(8-9)19-2)12(15)14(13(16)17)6-3-7-14/h4-5,8H,3,6-7H2,1-2H3,(H,16,17). The Labute approximate surface area is 111 Å². The van der Waals surface area contributed by atoms with Crippen LogP contribution in [-0.2, 0) is 4.79 Å². The summed E-state index contributed by atoms with van der Waals surface area (Å²) in [4.78, 5) is 23.8. The Balaban J connectivity index is 2.41. The van der Waals surface area contributed by atoms with Crippen LogP contribution in [0.2, 0.25) is 0 Å². The van der Waals surface area contributed by atoms with Gasteiger partial charge in [0.1, 0.15) is 16.9 Å². The SMILES string of the molecule is COc1ccc(C(=O)C2(C(=O)O)CCC2)c(OC)c1. The summed E-state index contributed by atoms with van der Waals surface area (Å²) in [6.07, 6.45) is 1.53. The summed E-state index contributed by atoms with van der Waals surface area (Å²) in [6, 6.07) is 4.77. The van der Waals surface area contributed by atoms with Gasteiger partial charge in [0.25, 0.3) is 0 Å². The lowest BCUT2D eigenvalue weighted by Crippen LogP contribution is -2.45. The highest BCUT2D eigenvalue weighted by Gasteiger charge is 2.51. The van der Waals surface area contributed by atoms with Gasteiger partial charge in [-0.25, -0.2) is 0 Å². The van der Waals surface area contributed by atoms with Gasteiger partial charge in [-0.2, -0.15) is 0 Å². The molecule has 0 spiro atoms. The minimum atomic E-state index is -1.28. The molecular weight excluding hydrogens is 248 g/mol. The lowest BCUT2D eigenvalue weighted by molar-refractivity contribution is -0.150. The van der Waals surface area contributed by atoms with Crippen LogP contribution in [0.5, 0.6) is 11.5 Å². The monoisotopic (exact) mass is 264 g/mol. The van der Waals surface area contributed by atoms with Crippen molar-refractivity contribution >= 4 is 11.8 Å². The van der Waals surface area contributed by atoms with Gasteiger partial charge in [0.15, 0.2) is 5.78 Å². The number of carboxylic acid groups (broad SMARTS) is 1. The molecular formula is C14H16O5. The molecule has 0 heterocycles. The van der Waals surface area contributed by atoms with Crippen molar-refractivity contribution in [2.75, 3.05) is 14.2 Å². The van der Waals surface area contributed by atoms with Gasteiger partial charge in [0.2, 0.25) is 0 Å². The Kier molecular flexibility index (Phi) is 3.46. The number of hydrogen-bond donors (Lipinski definition) is 1. The van der Waals surface area contributed by atoms with E-state index in [1.165, 1.54) is 14.2 Å². The maximum atomic E-state index is 12.5. The summed E-state index contributed by atoms with van der Waals surface area (Å²) in [5, 5.41) is 9.29. The maximum Gasteiger partial charge on any atom is 0.317 e. The molecule has 1 fully saturated rings. The summed E-state index contributed by atoms with van der Waals surface area (Å²) in [5.74, 6) is -0.532. The molecule has 102 valence electrons. The maximum absolute atomic E-state index is 12.5. The number of rotatable bonds is 5. The number of ketones is 1. The molecule has 0 unspecified atom stereocenters. The van der Waals surface area contributed by atoms with Crippen molar-refractivity contribution in [1.82, 2.24) is 0 Å². The third-order valence-corrected chi connectivity index (χ3v) is 3.70. The van der Waals surface area contributed by atoms with E-state index in [1.807, 2.05) is 0 Å². The first-order chi connectivity index (χ1) is 9.05. The second-order valence-corrected chi connectivity index (χ2v) is 4.64. The van der Waals surface area contributed by atoms with E-state index in [9.17, 15) is 14.7 Å². The smallest absolute Gasteiger partial charge is 0.317 e. The number of methoxy groups -OCH3 is 2. The molecule has 1 N–H and O–H groups in total. The number of hydrogen-bond acceptors (Lipinski definition) is 4. The number of carboxylic acids is 1. The van der Waals surface area contributed by atoms with Gasteiger partial charge in [-0.05, 0) is 25.0 Å². The van der Waals surface area contributed by atoms with E-state index in [2.05, 4.69) is 0 Å². The third-order valence-electron chi connectivity index (χ3n) is 3.70. The van der Waals surface area contributed by atoms with Crippen LogP contribution in [0.15, 0.2) is 18.2 Å². The number of aliphatic carboxylic acids is 1. The van der Waals surface area contributed by atoms with E-state index in [1.54, 1.807) is 18.2 Å². The predicted molar refractivity (Wildman–Crippen MR) is 67.8 cm³/mol. The van der Waals surface area contributed by atoms with Crippen molar-refractivity contribution in [3.8, 4) is 11.5 Å². The van der Waals surface area contributed by atoms with Crippen LogP contribution in [0.3, 0.4) is 0 Å². The van der Waals surface area contributed by atoms with Gasteiger partial charge in [0.05, 0.1) is 19.8 Å². The van der Waals surface area contributed by atoms with E-state index < -0.39 is 11.4 Å². The molecule has 0 aliphatic heterocycles. The molecule has 0 aromatic heterocycles. The molecule has 5 nitrogen and oxygen atoms in total. The lowest BCUT2D eigenvalue weighted by Gasteiger charge is -2.36. The molecule has 1 aliphatic carbocycles. The van der Waals surface area contributed by atoms with Gasteiger partial charge in [-0.3, -0.25) is 9.59 Å². The normalized spacial score (nSPS) is 16.3. The van der Waals surface area contributed by atoms with Crippen LogP contribution in [0.1, 0.15) is 29.6 Å². The average molecular weight is 264 g/mol. The number of carbonyl (C=O) groups excluding carboxylic acids is 1. The van der Waals surface area contributed by atoms with Gasteiger partial charge >= 0.3 is 5.97 Å². The van der Waals surface area contributed by atoms with Crippen LogP contribution in [0.4, 0.5) is 0 Å². The molecule has 0 amide bonds. The Morgan fingerprint density at radius 1 is 1.21 bits per heavy atom. The fraction of sp³-hybridized carbons (Fsp3) is 0.429. The second-order valence-electron chi connectivity index (χ2n) is 4.64. The van der Waals surface area contributed by atoms with E-state index in [0.29, 0.717) is 29.9 Å². The number of Topliss-reactive ketones (excluding diaryl/α,β-unsaturated/α-hetero) is 1. The highest BCUT2D eigenvalue weighted by Crippen LogP contribution is 2.45. The molecule has 5 heteroatoms. The highest BCUT2D eigenvalue weighted by molar-refractivity contribution is 6.14. The number of benzene rings is 1. The summed E-state index contributed by atoms with van der Waals surface area (Å²) < 4.78 is 10.2. The predicted octanol–water partition coefficient (Wildman–Crippen LogP) is 2.14. The summed E-state index contributed by atoms with van der Waals surface area (Å²) in [7, 11) is 2.96.